The molecular formula is C11H23N3O2. The highest BCUT2D eigenvalue weighted by molar-refractivity contribution is 5.77. The van der Waals surface area contributed by atoms with Crippen LogP contribution in [0.25, 0.3) is 0 Å². The topological polar surface area (TPSA) is 67.6 Å². The van der Waals surface area contributed by atoms with E-state index in [2.05, 4.69) is 10.2 Å². The summed E-state index contributed by atoms with van der Waals surface area (Å²) in [7, 11) is 3.64. The minimum atomic E-state index is 0.105. The van der Waals surface area contributed by atoms with Crippen LogP contribution < -0.4 is 11.1 Å². The van der Waals surface area contributed by atoms with Gasteiger partial charge < -0.3 is 15.8 Å². The van der Waals surface area contributed by atoms with Crippen molar-refractivity contribution in [3.8, 4) is 0 Å². The van der Waals surface area contributed by atoms with E-state index in [-0.39, 0.29) is 11.9 Å². The van der Waals surface area contributed by atoms with Gasteiger partial charge in [-0.25, -0.2) is 0 Å². The van der Waals surface area contributed by atoms with Gasteiger partial charge in [0.25, 0.3) is 0 Å². The zero-order chi connectivity index (χ0) is 12.0. The molecule has 1 rings (SSSR count). The molecule has 1 fully saturated rings. The van der Waals surface area contributed by atoms with Crippen molar-refractivity contribution in [2.45, 2.75) is 31.3 Å². The molecule has 5 heteroatoms. The molecule has 1 aliphatic carbocycles. The van der Waals surface area contributed by atoms with Gasteiger partial charge in [0.1, 0.15) is 0 Å². The van der Waals surface area contributed by atoms with Crippen molar-refractivity contribution >= 4 is 5.91 Å². The summed E-state index contributed by atoms with van der Waals surface area (Å²) < 4.78 is 5.00. The van der Waals surface area contributed by atoms with Gasteiger partial charge in [0.15, 0.2) is 0 Å². The number of hydrogen-bond donors (Lipinski definition) is 2. The molecule has 0 radical (unpaired) electrons. The van der Waals surface area contributed by atoms with Crippen molar-refractivity contribution in [2.24, 2.45) is 5.73 Å². The number of amides is 1. The first-order chi connectivity index (χ1) is 7.67. The molecule has 0 aromatic carbocycles. The second kappa shape index (κ2) is 6.83. The number of nitrogens with two attached hydrogens (primary N) is 1. The zero-order valence-electron chi connectivity index (χ0n) is 10.2. The monoisotopic (exact) mass is 229 g/mol. The Bertz CT molecular complexity index is 219. The average Bonchev–Trinajstić information content (AvgIpc) is 3.06. The quantitative estimate of drug-likeness (QED) is 0.592. The minimum absolute atomic E-state index is 0.105. The van der Waals surface area contributed by atoms with E-state index in [1.165, 1.54) is 0 Å². The number of likely N-dealkylation sites (N-methyl/N-ethyl adjacent to an activating group) is 1. The van der Waals surface area contributed by atoms with E-state index in [9.17, 15) is 4.79 Å². The van der Waals surface area contributed by atoms with Gasteiger partial charge in [-0.2, -0.15) is 0 Å². The third-order valence-corrected chi connectivity index (χ3v) is 2.91. The molecule has 94 valence electrons. The summed E-state index contributed by atoms with van der Waals surface area (Å²) in [4.78, 5) is 13.7. The maximum Gasteiger partial charge on any atom is 0.221 e. The normalized spacial score (nSPS) is 17.5. The molecule has 1 aliphatic rings. The first-order valence-electron chi connectivity index (χ1n) is 5.86. The Morgan fingerprint density at radius 2 is 2.31 bits per heavy atom. The number of carbonyl (C=O) groups is 1. The lowest BCUT2D eigenvalue weighted by atomic mass is 10.1. The Morgan fingerprint density at radius 1 is 1.62 bits per heavy atom. The van der Waals surface area contributed by atoms with Crippen LogP contribution in [0.1, 0.15) is 19.3 Å². The maximum absolute atomic E-state index is 11.6. The molecule has 0 aliphatic heterocycles. The van der Waals surface area contributed by atoms with Crippen LogP contribution in [0.5, 0.6) is 0 Å². The molecule has 1 amide bonds. The van der Waals surface area contributed by atoms with E-state index in [1.807, 2.05) is 7.05 Å². The Kier molecular flexibility index (Phi) is 5.73. The molecule has 3 N–H and O–H groups in total. The van der Waals surface area contributed by atoms with Crippen LogP contribution in [0.15, 0.2) is 0 Å². The fourth-order valence-electron chi connectivity index (χ4n) is 1.57. The number of hydrogen-bond acceptors (Lipinski definition) is 4. The van der Waals surface area contributed by atoms with Gasteiger partial charge >= 0.3 is 0 Å². The van der Waals surface area contributed by atoms with E-state index >= 15 is 0 Å². The number of nitrogens with one attached hydrogen (secondary N) is 1. The fraction of sp³-hybridized carbons (Fsp3) is 0.909. The van der Waals surface area contributed by atoms with Crippen LogP contribution in [0.4, 0.5) is 0 Å². The highest BCUT2D eigenvalue weighted by Gasteiger charge is 2.25. The van der Waals surface area contributed by atoms with Crippen LogP contribution in [-0.4, -0.2) is 56.7 Å². The zero-order valence-corrected chi connectivity index (χ0v) is 10.2. The Balaban J connectivity index is 2.25. The number of methoxy groups -OCH3 is 1. The highest BCUT2D eigenvalue weighted by Crippen LogP contribution is 2.18. The predicted molar refractivity (Wildman–Crippen MR) is 63.1 cm³/mol. The Morgan fingerprint density at radius 3 is 2.81 bits per heavy atom. The minimum Gasteiger partial charge on any atom is -0.383 e. The number of ether oxygens (including phenoxy) is 1. The molecule has 0 heterocycles. The van der Waals surface area contributed by atoms with Crippen LogP contribution >= 0.6 is 0 Å². The molecule has 1 saturated carbocycles. The second-order valence-electron chi connectivity index (χ2n) is 4.41. The first-order valence-corrected chi connectivity index (χ1v) is 5.86. The Hall–Kier alpha value is -0.650. The smallest absolute Gasteiger partial charge is 0.221 e. The largest absolute Gasteiger partial charge is 0.383 e. The lowest BCUT2D eigenvalue weighted by molar-refractivity contribution is -0.122. The third kappa shape index (κ3) is 4.92. The van der Waals surface area contributed by atoms with E-state index in [4.69, 9.17) is 10.5 Å². The van der Waals surface area contributed by atoms with Crippen molar-refractivity contribution in [1.82, 2.24) is 10.2 Å². The van der Waals surface area contributed by atoms with E-state index in [0.29, 0.717) is 25.6 Å². The standard InChI is InChI=1S/C11H23N3O2/c1-14(5-6-16-2)10(8-12)7-11(15)13-9-3-4-9/h9-10H,3-8,12H2,1-2H3,(H,13,15). The van der Waals surface area contributed by atoms with Gasteiger partial charge in [-0.15, -0.1) is 0 Å². The van der Waals surface area contributed by atoms with Crippen molar-refractivity contribution in [3.63, 3.8) is 0 Å². The average molecular weight is 229 g/mol. The van der Waals surface area contributed by atoms with Crippen molar-refractivity contribution in [2.75, 3.05) is 33.9 Å². The van der Waals surface area contributed by atoms with E-state index in [1.54, 1.807) is 7.11 Å². The summed E-state index contributed by atoms with van der Waals surface area (Å²) in [5, 5.41) is 2.98. The molecule has 5 nitrogen and oxygen atoms in total. The predicted octanol–water partition coefficient (Wildman–Crippen LogP) is -0.439. The summed E-state index contributed by atoms with van der Waals surface area (Å²) in [6, 6.07) is 0.532. The maximum atomic E-state index is 11.6. The highest BCUT2D eigenvalue weighted by atomic mass is 16.5. The molecule has 1 atom stereocenters. The van der Waals surface area contributed by atoms with E-state index in [0.717, 1.165) is 19.4 Å². The summed E-state index contributed by atoms with van der Waals surface area (Å²) in [6.07, 6.45) is 2.73. The van der Waals surface area contributed by atoms with Crippen LogP contribution in [-0.2, 0) is 9.53 Å². The van der Waals surface area contributed by atoms with Gasteiger partial charge in [-0.1, -0.05) is 0 Å². The van der Waals surface area contributed by atoms with Crippen LogP contribution in [0.2, 0.25) is 0 Å². The molecular weight excluding hydrogens is 206 g/mol. The Labute approximate surface area is 97.3 Å². The SMILES string of the molecule is COCCN(C)C(CN)CC(=O)NC1CC1. The van der Waals surface area contributed by atoms with Gasteiger partial charge in [-0.05, 0) is 19.9 Å². The fourth-order valence-corrected chi connectivity index (χ4v) is 1.57. The lowest BCUT2D eigenvalue weighted by Gasteiger charge is -2.26. The molecule has 0 spiro atoms. The summed E-state index contributed by atoms with van der Waals surface area (Å²) >= 11 is 0. The van der Waals surface area contributed by atoms with Crippen molar-refractivity contribution in [3.05, 3.63) is 0 Å². The molecule has 0 saturated heterocycles. The lowest BCUT2D eigenvalue weighted by Crippen LogP contribution is -2.43. The van der Waals surface area contributed by atoms with Crippen molar-refractivity contribution < 1.29 is 9.53 Å². The molecule has 0 aromatic rings. The second-order valence-corrected chi connectivity index (χ2v) is 4.41. The third-order valence-electron chi connectivity index (χ3n) is 2.91. The molecule has 1 unspecified atom stereocenters. The van der Waals surface area contributed by atoms with Gasteiger partial charge in [0, 0.05) is 38.7 Å². The number of rotatable bonds is 8. The van der Waals surface area contributed by atoms with Crippen LogP contribution in [0, 0.1) is 0 Å². The van der Waals surface area contributed by atoms with Gasteiger partial charge in [-0.3, -0.25) is 9.69 Å². The van der Waals surface area contributed by atoms with Crippen LogP contribution in [0.3, 0.4) is 0 Å². The number of carbonyl (C=O) groups excluding carboxylic acids is 1. The molecule has 0 bridgehead atoms. The molecule has 16 heavy (non-hydrogen) atoms. The number of nitrogens with zero attached hydrogens (tertiary/aromatic N) is 1. The summed E-state index contributed by atoms with van der Waals surface area (Å²) in [5.74, 6) is 0.113. The van der Waals surface area contributed by atoms with Gasteiger partial charge in [0.2, 0.25) is 5.91 Å². The summed E-state index contributed by atoms with van der Waals surface area (Å²) in [6.45, 7) is 1.96. The first kappa shape index (κ1) is 13.4. The summed E-state index contributed by atoms with van der Waals surface area (Å²) in [5.41, 5.74) is 5.68. The van der Waals surface area contributed by atoms with Gasteiger partial charge in [0.05, 0.1) is 6.61 Å². The molecule has 0 aromatic heterocycles. The van der Waals surface area contributed by atoms with Crippen molar-refractivity contribution in [1.29, 1.82) is 0 Å². The van der Waals surface area contributed by atoms with E-state index < -0.39 is 0 Å².